The summed E-state index contributed by atoms with van der Waals surface area (Å²) in [5, 5.41) is 12.4. The van der Waals surface area contributed by atoms with Crippen molar-refractivity contribution in [3.05, 3.63) is 5.82 Å². The molecule has 0 bridgehead atoms. The molecule has 0 spiro atoms. The normalized spacial score (nSPS) is 19.5. The minimum atomic E-state index is -0.421. The van der Waals surface area contributed by atoms with E-state index in [9.17, 15) is 9.59 Å². The molecule has 2 saturated carbocycles. The van der Waals surface area contributed by atoms with Crippen molar-refractivity contribution in [2.75, 3.05) is 0 Å². The van der Waals surface area contributed by atoms with Gasteiger partial charge in [-0.2, -0.15) is 0 Å². The lowest BCUT2D eigenvalue weighted by Gasteiger charge is -2.09. The van der Waals surface area contributed by atoms with Gasteiger partial charge in [-0.05, 0) is 25.7 Å². The number of rotatable bonds is 6. The Balaban J connectivity index is 1.44. The fourth-order valence-electron chi connectivity index (χ4n) is 2.78. The number of urea groups is 1. The highest BCUT2D eigenvalue weighted by Gasteiger charge is 2.25. The molecule has 1 aromatic heterocycles. The number of hydrogen-bond acceptors (Lipinski definition) is 5. The predicted octanol–water partition coefficient (Wildman–Crippen LogP) is 2.01. The minimum Gasteiger partial charge on any atom is -0.335 e. The molecule has 8 heteroatoms. The van der Waals surface area contributed by atoms with E-state index >= 15 is 0 Å². The van der Waals surface area contributed by atoms with Crippen LogP contribution in [0.25, 0.3) is 0 Å². The van der Waals surface area contributed by atoms with Gasteiger partial charge < -0.3 is 5.32 Å². The van der Waals surface area contributed by atoms with E-state index in [0.717, 1.165) is 25.1 Å². The Hall–Kier alpha value is -1.57. The molecular weight excluding hydrogens is 314 g/mol. The van der Waals surface area contributed by atoms with Gasteiger partial charge >= 0.3 is 6.03 Å². The minimum absolute atomic E-state index is 0.233. The molecule has 3 amide bonds. The van der Waals surface area contributed by atoms with Crippen LogP contribution in [0.2, 0.25) is 0 Å². The van der Waals surface area contributed by atoms with Crippen molar-refractivity contribution in [1.29, 1.82) is 0 Å². The van der Waals surface area contributed by atoms with Gasteiger partial charge in [-0.3, -0.25) is 15.2 Å². The fraction of sp³-hybridized carbons (Fsp3) is 0.733. The van der Waals surface area contributed by atoms with Crippen molar-refractivity contribution in [2.45, 2.75) is 68.3 Å². The molecule has 1 heterocycles. The van der Waals surface area contributed by atoms with Gasteiger partial charge in [-0.15, -0.1) is 5.10 Å². The van der Waals surface area contributed by atoms with Crippen LogP contribution in [0.3, 0.4) is 0 Å². The number of amides is 3. The van der Waals surface area contributed by atoms with Gasteiger partial charge in [-0.25, -0.2) is 9.78 Å². The SMILES string of the molecule is C[C@H](Sc1n[nH]c(CC2CCCC2)n1)C(=O)NC(=O)NC1CC1. The Morgan fingerprint density at radius 3 is 2.74 bits per heavy atom. The van der Waals surface area contributed by atoms with Crippen LogP contribution in [0.4, 0.5) is 4.79 Å². The maximum atomic E-state index is 12.0. The summed E-state index contributed by atoms with van der Waals surface area (Å²) in [5.41, 5.74) is 0. The van der Waals surface area contributed by atoms with Gasteiger partial charge in [0.1, 0.15) is 5.82 Å². The number of carbonyl (C=O) groups is 2. The molecule has 1 aromatic rings. The molecule has 23 heavy (non-hydrogen) atoms. The smallest absolute Gasteiger partial charge is 0.321 e. The van der Waals surface area contributed by atoms with Gasteiger partial charge in [0.2, 0.25) is 11.1 Å². The predicted molar refractivity (Wildman–Crippen MR) is 87.1 cm³/mol. The maximum Gasteiger partial charge on any atom is 0.321 e. The van der Waals surface area contributed by atoms with Gasteiger partial charge in [0.25, 0.3) is 0 Å². The molecule has 3 rings (SSSR count). The van der Waals surface area contributed by atoms with Crippen LogP contribution in [-0.4, -0.2) is 38.4 Å². The number of aromatic amines is 1. The summed E-state index contributed by atoms with van der Waals surface area (Å²) in [4.78, 5) is 28.0. The highest BCUT2D eigenvalue weighted by Crippen LogP contribution is 2.28. The maximum absolute atomic E-state index is 12.0. The monoisotopic (exact) mass is 337 g/mol. The number of carbonyl (C=O) groups excluding carboxylic acids is 2. The zero-order chi connectivity index (χ0) is 16.2. The van der Waals surface area contributed by atoms with Crippen molar-refractivity contribution in [1.82, 2.24) is 25.8 Å². The third-order valence-electron chi connectivity index (χ3n) is 4.27. The number of nitrogens with one attached hydrogen (secondary N) is 3. The van der Waals surface area contributed by atoms with Gasteiger partial charge in [0.15, 0.2) is 0 Å². The van der Waals surface area contributed by atoms with Crippen molar-refractivity contribution >= 4 is 23.7 Å². The molecule has 0 aliphatic heterocycles. The largest absolute Gasteiger partial charge is 0.335 e. The molecule has 1 atom stereocenters. The summed E-state index contributed by atoms with van der Waals surface area (Å²) in [7, 11) is 0. The van der Waals surface area contributed by atoms with Crippen LogP contribution >= 0.6 is 11.8 Å². The molecule has 3 N–H and O–H groups in total. The number of imide groups is 1. The summed E-state index contributed by atoms with van der Waals surface area (Å²) in [5.74, 6) is 1.27. The van der Waals surface area contributed by atoms with Gasteiger partial charge in [0.05, 0.1) is 5.25 Å². The van der Waals surface area contributed by atoms with Crippen LogP contribution in [0.1, 0.15) is 51.3 Å². The first-order valence-corrected chi connectivity index (χ1v) is 9.17. The van der Waals surface area contributed by atoms with E-state index in [0.29, 0.717) is 11.1 Å². The zero-order valence-electron chi connectivity index (χ0n) is 13.3. The topological polar surface area (TPSA) is 99.8 Å². The number of nitrogens with zero attached hydrogens (tertiary/aromatic N) is 2. The molecule has 2 fully saturated rings. The highest BCUT2D eigenvalue weighted by atomic mass is 32.2. The molecule has 126 valence electrons. The Kier molecular flexibility index (Phi) is 5.20. The van der Waals surface area contributed by atoms with Crippen molar-refractivity contribution in [2.24, 2.45) is 5.92 Å². The van der Waals surface area contributed by atoms with Crippen LogP contribution in [0, 0.1) is 5.92 Å². The first kappa shape index (κ1) is 16.3. The number of hydrogen-bond donors (Lipinski definition) is 3. The van der Waals surface area contributed by atoms with Crippen molar-refractivity contribution < 1.29 is 9.59 Å². The average Bonchev–Trinajstić information content (AvgIpc) is 2.99. The number of thioether (sulfide) groups is 1. The van der Waals surface area contributed by atoms with Gasteiger partial charge in [0, 0.05) is 12.5 Å². The molecular formula is C15H23N5O2S. The quantitative estimate of drug-likeness (QED) is 0.690. The third kappa shape index (κ3) is 4.95. The van der Waals surface area contributed by atoms with E-state index in [2.05, 4.69) is 25.8 Å². The van der Waals surface area contributed by atoms with E-state index in [4.69, 9.17) is 0 Å². The Morgan fingerprint density at radius 2 is 2.04 bits per heavy atom. The Morgan fingerprint density at radius 1 is 1.30 bits per heavy atom. The fourth-order valence-corrected chi connectivity index (χ4v) is 3.53. The van der Waals surface area contributed by atoms with E-state index in [1.54, 1.807) is 6.92 Å². The van der Waals surface area contributed by atoms with E-state index < -0.39 is 11.3 Å². The molecule has 0 radical (unpaired) electrons. The first-order chi connectivity index (χ1) is 11.1. The summed E-state index contributed by atoms with van der Waals surface area (Å²) < 4.78 is 0. The second kappa shape index (κ2) is 7.33. The van der Waals surface area contributed by atoms with Crippen LogP contribution < -0.4 is 10.6 Å². The first-order valence-electron chi connectivity index (χ1n) is 8.29. The van der Waals surface area contributed by atoms with E-state index in [-0.39, 0.29) is 11.9 Å². The summed E-state index contributed by atoms with van der Waals surface area (Å²) in [6.07, 6.45) is 8.05. The molecule has 0 saturated heterocycles. The lowest BCUT2D eigenvalue weighted by atomic mass is 10.0. The van der Waals surface area contributed by atoms with Crippen molar-refractivity contribution in [3.8, 4) is 0 Å². The van der Waals surface area contributed by atoms with Gasteiger partial charge in [-0.1, -0.05) is 37.4 Å². The zero-order valence-corrected chi connectivity index (χ0v) is 14.1. The molecule has 2 aliphatic rings. The van der Waals surface area contributed by atoms with Crippen molar-refractivity contribution in [3.63, 3.8) is 0 Å². The average molecular weight is 337 g/mol. The van der Waals surface area contributed by atoms with Crippen LogP contribution in [-0.2, 0) is 11.2 Å². The summed E-state index contributed by atoms with van der Waals surface area (Å²) in [6, 6.07) is -0.182. The molecule has 2 aliphatic carbocycles. The standard InChI is InChI=1S/C15H23N5O2S/c1-9(13(21)18-14(22)16-11-6-7-11)23-15-17-12(19-20-15)8-10-4-2-3-5-10/h9-11H,2-8H2,1H3,(H,17,19,20)(H2,16,18,21,22)/t9-/m0/s1. The molecule has 0 unspecified atom stereocenters. The summed E-state index contributed by atoms with van der Waals surface area (Å²) >= 11 is 1.26. The highest BCUT2D eigenvalue weighted by molar-refractivity contribution is 8.00. The third-order valence-corrected chi connectivity index (χ3v) is 5.23. The Labute approximate surface area is 139 Å². The second-order valence-electron chi connectivity index (χ2n) is 6.42. The number of aromatic nitrogens is 3. The second-order valence-corrected chi connectivity index (χ2v) is 7.72. The van der Waals surface area contributed by atoms with E-state index in [1.807, 2.05) is 0 Å². The molecule has 0 aromatic carbocycles. The van der Waals surface area contributed by atoms with E-state index in [1.165, 1.54) is 37.4 Å². The number of H-pyrrole nitrogens is 1. The lowest BCUT2D eigenvalue weighted by Crippen LogP contribution is -2.43. The summed E-state index contributed by atoms with van der Waals surface area (Å²) in [6.45, 7) is 1.75. The Bertz CT molecular complexity index is 566. The van der Waals surface area contributed by atoms with Crippen LogP contribution in [0.5, 0.6) is 0 Å². The molecule has 7 nitrogen and oxygen atoms in total. The lowest BCUT2D eigenvalue weighted by molar-refractivity contribution is -0.119. The van der Waals surface area contributed by atoms with Crippen LogP contribution in [0.15, 0.2) is 5.16 Å².